The first kappa shape index (κ1) is 11.8. The Morgan fingerprint density at radius 1 is 1.67 bits per heavy atom. The van der Waals surface area contributed by atoms with Crippen LogP contribution in [0, 0.1) is 19.3 Å². The van der Waals surface area contributed by atoms with E-state index in [-0.39, 0.29) is 0 Å². The highest BCUT2D eigenvalue weighted by Gasteiger charge is 2.04. The molecule has 1 heterocycles. The summed E-state index contributed by atoms with van der Waals surface area (Å²) in [6.45, 7) is 4.93. The SMILES string of the molecule is C#CCn1ncc(CNCCOC)c1C. The van der Waals surface area contributed by atoms with Crippen molar-refractivity contribution in [2.24, 2.45) is 0 Å². The zero-order chi connectivity index (χ0) is 11.1. The Labute approximate surface area is 90.6 Å². The molecule has 82 valence electrons. The predicted molar refractivity (Wildman–Crippen MR) is 59.4 cm³/mol. The number of nitrogens with one attached hydrogen (secondary N) is 1. The lowest BCUT2D eigenvalue weighted by molar-refractivity contribution is 0.199. The Hall–Kier alpha value is -1.31. The van der Waals surface area contributed by atoms with Crippen LogP contribution >= 0.6 is 0 Å². The minimum Gasteiger partial charge on any atom is -0.383 e. The van der Waals surface area contributed by atoms with E-state index in [0.717, 1.165) is 25.4 Å². The summed E-state index contributed by atoms with van der Waals surface area (Å²) < 4.78 is 6.77. The average Bonchev–Trinajstić information content (AvgIpc) is 2.57. The van der Waals surface area contributed by atoms with Gasteiger partial charge in [-0.15, -0.1) is 6.42 Å². The van der Waals surface area contributed by atoms with Crippen molar-refractivity contribution in [2.45, 2.75) is 20.0 Å². The lowest BCUT2D eigenvalue weighted by atomic mass is 10.2. The van der Waals surface area contributed by atoms with Crippen molar-refractivity contribution in [3.05, 3.63) is 17.5 Å². The Morgan fingerprint density at radius 3 is 3.13 bits per heavy atom. The molecule has 0 saturated heterocycles. The van der Waals surface area contributed by atoms with Crippen molar-refractivity contribution in [3.8, 4) is 12.3 Å². The van der Waals surface area contributed by atoms with Crippen LogP contribution in [0.5, 0.6) is 0 Å². The molecule has 1 aromatic heterocycles. The third-order valence-electron chi connectivity index (χ3n) is 2.24. The Balaban J connectivity index is 2.44. The van der Waals surface area contributed by atoms with E-state index in [2.05, 4.69) is 16.3 Å². The average molecular weight is 207 g/mol. The molecule has 0 aliphatic carbocycles. The molecule has 0 spiro atoms. The topological polar surface area (TPSA) is 39.1 Å². The molecule has 0 aromatic carbocycles. The van der Waals surface area contributed by atoms with Gasteiger partial charge in [-0.2, -0.15) is 5.10 Å². The maximum atomic E-state index is 5.24. The minimum absolute atomic E-state index is 0.532. The molecule has 0 unspecified atom stereocenters. The van der Waals surface area contributed by atoms with Gasteiger partial charge in [0.25, 0.3) is 0 Å². The molecule has 15 heavy (non-hydrogen) atoms. The van der Waals surface area contributed by atoms with Gasteiger partial charge in [0.2, 0.25) is 0 Å². The fraction of sp³-hybridized carbons (Fsp3) is 0.545. The highest BCUT2D eigenvalue weighted by atomic mass is 16.5. The Kier molecular flexibility index (Phi) is 4.88. The maximum absolute atomic E-state index is 5.24. The summed E-state index contributed by atoms with van der Waals surface area (Å²) in [6, 6.07) is 0. The standard InChI is InChI=1S/C11H17N3O/c1-4-6-14-10(2)11(9-13-14)8-12-5-7-15-3/h1,9,12H,5-8H2,2-3H3. The van der Waals surface area contributed by atoms with E-state index < -0.39 is 0 Å². The molecule has 0 fully saturated rings. The van der Waals surface area contributed by atoms with Gasteiger partial charge in [0.1, 0.15) is 6.54 Å². The van der Waals surface area contributed by atoms with Crippen molar-refractivity contribution in [1.29, 1.82) is 0 Å². The van der Waals surface area contributed by atoms with E-state index in [1.165, 1.54) is 5.56 Å². The zero-order valence-electron chi connectivity index (χ0n) is 9.29. The lowest BCUT2D eigenvalue weighted by Gasteiger charge is -2.04. The molecule has 4 heteroatoms. The van der Waals surface area contributed by atoms with Gasteiger partial charge in [-0.05, 0) is 6.92 Å². The summed E-state index contributed by atoms with van der Waals surface area (Å²) in [5, 5.41) is 7.48. The summed E-state index contributed by atoms with van der Waals surface area (Å²) >= 11 is 0. The molecule has 0 bridgehead atoms. The van der Waals surface area contributed by atoms with Gasteiger partial charge >= 0.3 is 0 Å². The molecule has 1 rings (SSSR count). The number of rotatable bonds is 6. The molecule has 0 amide bonds. The summed E-state index contributed by atoms with van der Waals surface area (Å²) in [5.74, 6) is 2.57. The quantitative estimate of drug-likeness (QED) is 0.547. The third-order valence-corrected chi connectivity index (χ3v) is 2.24. The fourth-order valence-electron chi connectivity index (χ4n) is 1.30. The number of nitrogens with zero attached hydrogens (tertiary/aromatic N) is 2. The summed E-state index contributed by atoms with van der Waals surface area (Å²) in [4.78, 5) is 0. The second-order valence-electron chi connectivity index (χ2n) is 3.29. The molecule has 0 atom stereocenters. The molecule has 0 aliphatic rings. The van der Waals surface area contributed by atoms with Gasteiger partial charge in [-0.25, -0.2) is 0 Å². The van der Waals surface area contributed by atoms with E-state index in [0.29, 0.717) is 6.54 Å². The number of hydrogen-bond acceptors (Lipinski definition) is 3. The van der Waals surface area contributed by atoms with Gasteiger partial charge < -0.3 is 10.1 Å². The van der Waals surface area contributed by atoms with Gasteiger partial charge in [0.15, 0.2) is 0 Å². The third kappa shape index (κ3) is 3.39. The first-order valence-corrected chi connectivity index (χ1v) is 4.94. The highest BCUT2D eigenvalue weighted by Crippen LogP contribution is 2.05. The van der Waals surface area contributed by atoms with Gasteiger partial charge in [0, 0.05) is 31.5 Å². The van der Waals surface area contributed by atoms with E-state index in [9.17, 15) is 0 Å². The number of methoxy groups -OCH3 is 1. The molecule has 1 N–H and O–H groups in total. The molecular formula is C11H17N3O. The first-order valence-electron chi connectivity index (χ1n) is 4.94. The van der Waals surface area contributed by atoms with Crippen LogP contribution < -0.4 is 5.32 Å². The molecule has 0 aliphatic heterocycles. The van der Waals surface area contributed by atoms with Crippen LogP contribution in [0.15, 0.2) is 6.20 Å². The molecule has 0 saturated carbocycles. The van der Waals surface area contributed by atoms with Gasteiger partial charge in [0.05, 0.1) is 12.8 Å². The summed E-state index contributed by atoms with van der Waals surface area (Å²) in [5.41, 5.74) is 2.30. The van der Waals surface area contributed by atoms with Crippen LogP contribution in [-0.4, -0.2) is 30.0 Å². The van der Waals surface area contributed by atoms with E-state index >= 15 is 0 Å². The number of ether oxygens (including phenoxy) is 1. The smallest absolute Gasteiger partial charge is 0.102 e. The number of aromatic nitrogens is 2. The molecular weight excluding hydrogens is 190 g/mol. The predicted octanol–water partition coefficient (Wildman–Crippen LogP) is 0.561. The van der Waals surface area contributed by atoms with Crippen molar-refractivity contribution >= 4 is 0 Å². The molecule has 0 radical (unpaired) electrons. The minimum atomic E-state index is 0.532. The van der Waals surface area contributed by atoms with Crippen molar-refractivity contribution in [3.63, 3.8) is 0 Å². The normalized spacial score (nSPS) is 10.2. The van der Waals surface area contributed by atoms with Crippen molar-refractivity contribution < 1.29 is 4.74 Å². The zero-order valence-corrected chi connectivity index (χ0v) is 9.29. The monoisotopic (exact) mass is 207 g/mol. The molecule has 4 nitrogen and oxygen atoms in total. The second kappa shape index (κ2) is 6.23. The van der Waals surface area contributed by atoms with E-state index in [4.69, 9.17) is 11.2 Å². The van der Waals surface area contributed by atoms with Crippen LogP contribution in [-0.2, 0) is 17.8 Å². The van der Waals surface area contributed by atoms with E-state index in [1.54, 1.807) is 7.11 Å². The van der Waals surface area contributed by atoms with Crippen LogP contribution in [0.1, 0.15) is 11.3 Å². The van der Waals surface area contributed by atoms with Crippen LogP contribution in [0.4, 0.5) is 0 Å². The highest BCUT2D eigenvalue weighted by molar-refractivity contribution is 5.16. The van der Waals surface area contributed by atoms with Gasteiger partial charge in [-0.1, -0.05) is 5.92 Å². The van der Waals surface area contributed by atoms with Crippen molar-refractivity contribution in [2.75, 3.05) is 20.3 Å². The number of terminal acetylenes is 1. The van der Waals surface area contributed by atoms with Gasteiger partial charge in [-0.3, -0.25) is 4.68 Å². The van der Waals surface area contributed by atoms with Crippen molar-refractivity contribution in [1.82, 2.24) is 15.1 Å². The first-order chi connectivity index (χ1) is 7.29. The second-order valence-corrected chi connectivity index (χ2v) is 3.29. The van der Waals surface area contributed by atoms with Crippen LogP contribution in [0.25, 0.3) is 0 Å². The van der Waals surface area contributed by atoms with Crippen LogP contribution in [0.2, 0.25) is 0 Å². The Bertz CT molecular complexity index is 338. The van der Waals surface area contributed by atoms with Crippen LogP contribution in [0.3, 0.4) is 0 Å². The summed E-state index contributed by atoms with van der Waals surface area (Å²) in [7, 11) is 1.69. The Morgan fingerprint density at radius 2 is 2.47 bits per heavy atom. The number of hydrogen-bond donors (Lipinski definition) is 1. The lowest BCUT2D eigenvalue weighted by Crippen LogP contribution is -2.18. The summed E-state index contributed by atoms with van der Waals surface area (Å²) in [6.07, 6.45) is 7.09. The molecule has 1 aromatic rings. The maximum Gasteiger partial charge on any atom is 0.102 e. The fourth-order valence-corrected chi connectivity index (χ4v) is 1.30. The largest absolute Gasteiger partial charge is 0.383 e. The van der Waals surface area contributed by atoms with E-state index in [1.807, 2.05) is 17.8 Å².